The SMILES string of the molecule is CCCC1NC2(CCCC2)C(=O)N1C(C)CN1CCCC1. The molecule has 120 valence electrons. The summed E-state index contributed by atoms with van der Waals surface area (Å²) in [4.78, 5) is 17.8. The lowest BCUT2D eigenvalue weighted by Crippen LogP contribution is -2.48. The Bertz CT molecular complexity index is 372. The first-order valence-electron chi connectivity index (χ1n) is 8.99. The molecule has 1 spiro atoms. The smallest absolute Gasteiger partial charge is 0.244 e. The molecule has 1 saturated carbocycles. The average molecular weight is 293 g/mol. The maximum Gasteiger partial charge on any atom is 0.244 e. The zero-order valence-corrected chi connectivity index (χ0v) is 13.7. The Kier molecular flexibility index (Phi) is 4.55. The molecule has 1 aliphatic carbocycles. The van der Waals surface area contributed by atoms with Crippen LogP contribution in [0.2, 0.25) is 0 Å². The number of rotatable bonds is 5. The second kappa shape index (κ2) is 6.25. The van der Waals surface area contributed by atoms with Crippen LogP contribution in [0.3, 0.4) is 0 Å². The fourth-order valence-corrected chi connectivity index (χ4v) is 4.59. The molecule has 21 heavy (non-hydrogen) atoms. The topological polar surface area (TPSA) is 35.6 Å². The quantitative estimate of drug-likeness (QED) is 0.845. The molecule has 1 amide bonds. The molecule has 3 rings (SSSR count). The highest BCUT2D eigenvalue weighted by Gasteiger charge is 2.53. The Morgan fingerprint density at radius 2 is 1.90 bits per heavy atom. The van der Waals surface area contributed by atoms with Crippen molar-refractivity contribution in [2.24, 2.45) is 0 Å². The molecular weight excluding hydrogens is 262 g/mol. The lowest BCUT2D eigenvalue weighted by atomic mass is 9.97. The minimum absolute atomic E-state index is 0.209. The predicted molar refractivity (Wildman–Crippen MR) is 85.0 cm³/mol. The molecule has 4 nitrogen and oxygen atoms in total. The number of nitrogens with one attached hydrogen (secondary N) is 1. The fourth-order valence-electron chi connectivity index (χ4n) is 4.59. The van der Waals surface area contributed by atoms with E-state index in [2.05, 4.69) is 29.0 Å². The Balaban J connectivity index is 1.71. The van der Waals surface area contributed by atoms with Crippen LogP contribution in [0.1, 0.15) is 65.2 Å². The summed E-state index contributed by atoms with van der Waals surface area (Å²) in [5, 5.41) is 3.73. The highest BCUT2D eigenvalue weighted by atomic mass is 16.2. The average Bonchev–Trinajstić information content (AvgIpc) is 3.15. The zero-order valence-electron chi connectivity index (χ0n) is 13.7. The van der Waals surface area contributed by atoms with E-state index in [1.807, 2.05) is 0 Å². The van der Waals surface area contributed by atoms with Crippen LogP contribution in [0.25, 0.3) is 0 Å². The molecule has 2 heterocycles. The third kappa shape index (κ3) is 2.85. The van der Waals surface area contributed by atoms with Gasteiger partial charge in [-0.05, 0) is 52.1 Å². The first-order valence-corrected chi connectivity index (χ1v) is 8.99. The summed E-state index contributed by atoms with van der Waals surface area (Å²) in [6, 6.07) is 0.333. The number of hydrogen-bond donors (Lipinski definition) is 1. The lowest BCUT2D eigenvalue weighted by Gasteiger charge is -2.33. The normalized spacial score (nSPS) is 30.7. The molecule has 0 radical (unpaired) electrons. The first kappa shape index (κ1) is 15.3. The maximum atomic E-state index is 13.1. The Hall–Kier alpha value is -0.610. The van der Waals surface area contributed by atoms with E-state index in [1.54, 1.807) is 0 Å². The van der Waals surface area contributed by atoms with Crippen molar-refractivity contribution in [3.8, 4) is 0 Å². The summed E-state index contributed by atoms with van der Waals surface area (Å²) >= 11 is 0. The summed E-state index contributed by atoms with van der Waals surface area (Å²) < 4.78 is 0. The van der Waals surface area contributed by atoms with Crippen molar-refractivity contribution in [2.45, 2.75) is 83.0 Å². The van der Waals surface area contributed by atoms with E-state index >= 15 is 0 Å². The van der Waals surface area contributed by atoms with Crippen LogP contribution in [0.5, 0.6) is 0 Å². The van der Waals surface area contributed by atoms with E-state index in [4.69, 9.17) is 0 Å². The van der Waals surface area contributed by atoms with Gasteiger partial charge in [0, 0.05) is 12.6 Å². The summed E-state index contributed by atoms with van der Waals surface area (Å²) in [7, 11) is 0. The summed E-state index contributed by atoms with van der Waals surface area (Å²) in [5.74, 6) is 0.394. The van der Waals surface area contributed by atoms with Crippen molar-refractivity contribution in [3.63, 3.8) is 0 Å². The summed E-state index contributed by atoms with van der Waals surface area (Å²) in [6.45, 7) is 7.93. The van der Waals surface area contributed by atoms with Gasteiger partial charge in [0.15, 0.2) is 0 Å². The molecule has 4 heteroatoms. The zero-order chi connectivity index (χ0) is 14.9. The molecule has 0 aromatic rings. The molecule has 0 aromatic heterocycles. The van der Waals surface area contributed by atoms with Crippen molar-refractivity contribution < 1.29 is 4.79 Å². The van der Waals surface area contributed by atoms with Gasteiger partial charge in [-0.3, -0.25) is 10.1 Å². The highest BCUT2D eigenvalue weighted by Crippen LogP contribution is 2.38. The van der Waals surface area contributed by atoms with Crippen molar-refractivity contribution in [3.05, 3.63) is 0 Å². The number of amides is 1. The second-order valence-electron chi connectivity index (χ2n) is 7.31. The molecular formula is C17H31N3O. The first-order chi connectivity index (χ1) is 10.2. The van der Waals surface area contributed by atoms with Gasteiger partial charge < -0.3 is 9.80 Å². The van der Waals surface area contributed by atoms with Crippen molar-refractivity contribution >= 4 is 5.91 Å². The molecule has 3 aliphatic rings. The van der Waals surface area contributed by atoms with Crippen LogP contribution >= 0.6 is 0 Å². The van der Waals surface area contributed by atoms with Crippen LogP contribution in [-0.4, -0.2) is 53.1 Å². The van der Waals surface area contributed by atoms with E-state index < -0.39 is 0 Å². The number of nitrogens with zero attached hydrogens (tertiary/aromatic N) is 2. The Morgan fingerprint density at radius 3 is 2.52 bits per heavy atom. The van der Waals surface area contributed by atoms with Crippen LogP contribution in [-0.2, 0) is 4.79 Å². The summed E-state index contributed by atoms with van der Waals surface area (Å²) in [5.41, 5.74) is -0.209. The summed E-state index contributed by atoms with van der Waals surface area (Å²) in [6.07, 6.45) is 9.60. The van der Waals surface area contributed by atoms with Crippen LogP contribution in [0.4, 0.5) is 0 Å². The third-order valence-corrected chi connectivity index (χ3v) is 5.64. The monoisotopic (exact) mass is 293 g/mol. The molecule has 2 saturated heterocycles. The van der Waals surface area contributed by atoms with Crippen LogP contribution < -0.4 is 5.32 Å². The van der Waals surface area contributed by atoms with E-state index in [0.29, 0.717) is 11.9 Å². The molecule has 0 bridgehead atoms. The van der Waals surface area contributed by atoms with E-state index in [0.717, 1.165) is 32.2 Å². The van der Waals surface area contributed by atoms with Crippen molar-refractivity contribution in [1.29, 1.82) is 0 Å². The molecule has 1 N–H and O–H groups in total. The molecule has 2 unspecified atom stereocenters. The predicted octanol–water partition coefficient (Wildman–Crippen LogP) is 2.34. The number of carbonyl (C=O) groups excluding carboxylic acids is 1. The largest absolute Gasteiger partial charge is 0.322 e. The third-order valence-electron chi connectivity index (χ3n) is 5.64. The van der Waals surface area contributed by atoms with Gasteiger partial charge in [-0.1, -0.05) is 26.2 Å². The number of hydrogen-bond acceptors (Lipinski definition) is 3. The van der Waals surface area contributed by atoms with Gasteiger partial charge in [-0.25, -0.2) is 0 Å². The van der Waals surface area contributed by atoms with Crippen LogP contribution in [0.15, 0.2) is 0 Å². The van der Waals surface area contributed by atoms with E-state index in [9.17, 15) is 4.79 Å². The minimum atomic E-state index is -0.209. The van der Waals surface area contributed by atoms with Gasteiger partial charge in [0.05, 0.1) is 11.7 Å². The fraction of sp³-hybridized carbons (Fsp3) is 0.941. The van der Waals surface area contributed by atoms with Crippen LogP contribution in [0, 0.1) is 0 Å². The number of likely N-dealkylation sites (tertiary alicyclic amines) is 1. The van der Waals surface area contributed by atoms with Gasteiger partial charge in [-0.2, -0.15) is 0 Å². The lowest BCUT2D eigenvalue weighted by molar-refractivity contribution is -0.135. The molecule has 0 aromatic carbocycles. The standard InChI is InChI=1S/C17H31N3O/c1-3-8-15-18-17(9-4-5-10-17)16(21)20(15)14(2)13-19-11-6-7-12-19/h14-15,18H,3-13H2,1-2H3. The number of carbonyl (C=O) groups is 1. The Morgan fingerprint density at radius 1 is 1.24 bits per heavy atom. The van der Waals surface area contributed by atoms with Gasteiger partial charge >= 0.3 is 0 Å². The molecule has 2 atom stereocenters. The van der Waals surface area contributed by atoms with Gasteiger partial charge in [0.1, 0.15) is 0 Å². The molecule has 3 fully saturated rings. The van der Waals surface area contributed by atoms with E-state index in [1.165, 1.54) is 38.8 Å². The van der Waals surface area contributed by atoms with Gasteiger partial charge in [-0.15, -0.1) is 0 Å². The Labute approximate surface area is 129 Å². The molecule has 2 aliphatic heterocycles. The van der Waals surface area contributed by atoms with E-state index in [-0.39, 0.29) is 11.7 Å². The highest BCUT2D eigenvalue weighted by molar-refractivity contribution is 5.89. The second-order valence-corrected chi connectivity index (χ2v) is 7.31. The van der Waals surface area contributed by atoms with Gasteiger partial charge in [0.2, 0.25) is 5.91 Å². The van der Waals surface area contributed by atoms with Gasteiger partial charge in [0.25, 0.3) is 0 Å². The minimum Gasteiger partial charge on any atom is -0.322 e. The maximum absolute atomic E-state index is 13.1. The van der Waals surface area contributed by atoms with Crippen molar-refractivity contribution in [1.82, 2.24) is 15.1 Å². The van der Waals surface area contributed by atoms with Crippen molar-refractivity contribution in [2.75, 3.05) is 19.6 Å².